The van der Waals surface area contributed by atoms with Crippen molar-refractivity contribution in [2.75, 3.05) is 5.75 Å². The van der Waals surface area contributed by atoms with E-state index in [0.717, 1.165) is 5.75 Å². The zero-order valence-corrected chi connectivity index (χ0v) is 6.04. The van der Waals surface area contributed by atoms with Gasteiger partial charge in [-0.2, -0.15) is 0 Å². The molecule has 0 N–H and O–H groups in total. The lowest BCUT2D eigenvalue weighted by molar-refractivity contribution is 0.623. The van der Waals surface area contributed by atoms with Crippen LogP contribution in [0, 0.1) is 0 Å². The number of hydrogen-bond acceptors (Lipinski definition) is 1. The Kier molecular flexibility index (Phi) is 2.06. The smallest absolute Gasteiger partial charge is 0.0319 e. The summed E-state index contributed by atoms with van der Waals surface area (Å²) in [7, 11) is -0.485. The SMILES string of the molecule is C[C@@H]1CCCC[S@@]1=O. The summed E-state index contributed by atoms with van der Waals surface area (Å²) >= 11 is 0. The first kappa shape index (κ1) is 6.27. The van der Waals surface area contributed by atoms with Gasteiger partial charge in [-0.25, -0.2) is 0 Å². The molecule has 0 unspecified atom stereocenters. The Morgan fingerprint density at radius 3 is 2.62 bits per heavy atom. The van der Waals surface area contributed by atoms with Crippen LogP contribution in [0.25, 0.3) is 0 Å². The maximum atomic E-state index is 10.9. The van der Waals surface area contributed by atoms with Gasteiger partial charge in [0.1, 0.15) is 0 Å². The molecule has 0 aromatic rings. The van der Waals surface area contributed by atoms with Gasteiger partial charge in [0.05, 0.1) is 0 Å². The molecule has 1 heterocycles. The molecule has 1 nitrogen and oxygen atoms in total. The molecule has 8 heavy (non-hydrogen) atoms. The second-order valence-electron chi connectivity index (χ2n) is 2.39. The molecule has 1 aliphatic rings. The largest absolute Gasteiger partial charge is 0.259 e. The third-order valence-electron chi connectivity index (χ3n) is 1.65. The summed E-state index contributed by atoms with van der Waals surface area (Å²) in [6.07, 6.45) is 3.64. The predicted molar refractivity (Wildman–Crippen MR) is 36.3 cm³/mol. The molecule has 0 spiro atoms. The maximum absolute atomic E-state index is 10.9. The summed E-state index contributed by atoms with van der Waals surface area (Å²) in [5, 5.41) is 0.476. The van der Waals surface area contributed by atoms with E-state index in [2.05, 4.69) is 6.92 Å². The maximum Gasteiger partial charge on any atom is 0.0319 e. The highest BCUT2D eigenvalue weighted by atomic mass is 32.2. The standard InChI is InChI=1S/C6H12OS/c1-6-4-2-3-5-8(6)7/h6H,2-5H2,1H3/t6-,8+/m1/s1. The fourth-order valence-corrected chi connectivity index (χ4v) is 2.33. The van der Waals surface area contributed by atoms with Gasteiger partial charge in [-0.1, -0.05) is 13.3 Å². The van der Waals surface area contributed by atoms with Crippen molar-refractivity contribution in [2.45, 2.75) is 31.4 Å². The highest BCUT2D eigenvalue weighted by molar-refractivity contribution is 7.85. The van der Waals surface area contributed by atoms with E-state index in [1.54, 1.807) is 0 Å². The molecule has 2 heteroatoms. The topological polar surface area (TPSA) is 17.1 Å². The van der Waals surface area contributed by atoms with Gasteiger partial charge in [0, 0.05) is 21.8 Å². The molecule has 0 amide bonds. The van der Waals surface area contributed by atoms with Crippen molar-refractivity contribution >= 4 is 10.8 Å². The molecule has 1 fully saturated rings. The van der Waals surface area contributed by atoms with Gasteiger partial charge in [0.15, 0.2) is 0 Å². The normalized spacial score (nSPS) is 39.6. The molecule has 0 radical (unpaired) electrons. The van der Waals surface area contributed by atoms with Gasteiger partial charge >= 0.3 is 0 Å². The summed E-state index contributed by atoms with van der Waals surface area (Å²) in [5.74, 6) is 0.946. The van der Waals surface area contributed by atoms with Crippen molar-refractivity contribution in [3.8, 4) is 0 Å². The number of hydrogen-bond donors (Lipinski definition) is 0. The van der Waals surface area contributed by atoms with Gasteiger partial charge in [0.2, 0.25) is 0 Å². The van der Waals surface area contributed by atoms with E-state index in [-0.39, 0.29) is 0 Å². The lowest BCUT2D eigenvalue weighted by Crippen LogP contribution is -2.18. The van der Waals surface area contributed by atoms with Crippen LogP contribution in [-0.2, 0) is 10.8 Å². The second-order valence-corrected chi connectivity index (χ2v) is 4.37. The van der Waals surface area contributed by atoms with E-state index in [9.17, 15) is 4.21 Å². The highest BCUT2D eigenvalue weighted by Gasteiger charge is 2.14. The van der Waals surface area contributed by atoms with Gasteiger partial charge < -0.3 is 0 Å². The summed E-state index contributed by atoms with van der Waals surface area (Å²) in [6.45, 7) is 2.08. The van der Waals surface area contributed by atoms with Crippen LogP contribution in [0.4, 0.5) is 0 Å². The van der Waals surface area contributed by atoms with Crippen molar-refractivity contribution in [2.24, 2.45) is 0 Å². The molecule has 0 saturated carbocycles. The predicted octanol–water partition coefficient (Wildman–Crippen LogP) is 1.31. The molecule has 0 aromatic carbocycles. The minimum atomic E-state index is -0.485. The van der Waals surface area contributed by atoms with Crippen LogP contribution in [0.2, 0.25) is 0 Å². The van der Waals surface area contributed by atoms with Crippen LogP contribution in [0.1, 0.15) is 26.2 Å². The van der Waals surface area contributed by atoms with Gasteiger partial charge in [-0.05, 0) is 12.8 Å². The molecular weight excluding hydrogens is 120 g/mol. The first-order chi connectivity index (χ1) is 3.80. The summed E-state index contributed by atoms with van der Waals surface area (Å²) in [5.41, 5.74) is 0. The van der Waals surface area contributed by atoms with Crippen LogP contribution in [0.3, 0.4) is 0 Å². The van der Waals surface area contributed by atoms with E-state index < -0.39 is 10.8 Å². The van der Waals surface area contributed by atoms with Crippen LogP contribution >= 0.6 is 0 Å². The Morgan fingerprint density at radius 1 is 1.50 bits per heavy atom. The van der Waals surface area contributed by atoms with E-state index >= 15 is 0 Å². The zero-order chi connectivity index (χ0) is 5.98. The van der Waals surface area contributed by atoms with Gasteiger partial charge in [-0.15, -0.1) is 0 Å². The van der Waals surface area contributed by atoms with Crippen molar-refractivity contribution < 1.29 is 4.21 Å². The van der Waals surface area contributed by atoms with Crippen molar-refractivity contribution in [1.29, 1.82) is 0 Å². The van der Waals surface area contributed by atoms with Crippen molar-refractivity contribution in [3.63, 3.8) is 0 Å². The van der Waals surface area contributed by atoms with E-state index in [1.807, 2.05) is 0 Å². The van der Waals surface area contributed by atoms with Gasteiger partial charge in [-0.3, -0.25) is 4.21 Å². The Labute approximate surface area is 52.9 Å². The average molecular weight is 132 g/mol. The minimum Gasteiger partial charge on any atom is -0.259 e. The summed E-state index contributed by atoms with van der Waals surface area (Å²) < 4.78 is 10.9. The van der Waals surface area contributed by atoms with Crippen LogP contribution in [0.15, 0.2) is 0 Å². The molecule has 2 atom stereocenters. The van der Waals surface area contributed by atoms with Crippen molar-refractivity contribution in [1.82, 2.24) is 0 Å². The molecule has 1 rings (SSSR count). The second kappa shape index (κ2) is 2.62. The highest BCUT2D eigenvalue weighted by Crippen LogP contribution is 2.14. The first-order valence-electron chi connectivity index (χ1n) is 3.18. The number of rotatable bonds is 0. The molecule has 48 valence electrons. The monoisotopic (exact) mass is 132 g/mol. The third kappa shape index (κ3) is 1.31. The fourth-order valence-electron chi connectivity index (χ4n) is 1.01. The van der Waals surface area contributed by atoms with E-state index in [1.165, 1.54) is 19.3 Å². The molecular formula is C6H12OS. The van der Waals surface area contributed by atoms with Crippen molar-refractivity contribution in [3.05, 3.63) is 0 Å². The van der Waals surface area contributed by atoms with Crippen LogP contribution in [-0.4, -0.2) is 15.2 Å². The Bertz CT molecular complexity index is 101. The summed E-state index contributed by atoms with van der Waals surface area (Å²) in [6, 6.07) is 0. The third-order valence-corrected chi connectivity index (χ3v) is 3.48. The van der Waals surface area contributed by atoms with E-state index in [0.29, 0.717) is 5.25 Å². The molecule has 1 saturated heterocycles. The zero-order valence-electron chi connectivity index (χ0n) is 5.22. The van der Waals surface area contributed by atoms with E-state index in [4.69, 9.17) is 0 Å². The summed E-state index contributed by atoms with van der Waals surface area (Å²) in [4.78, 5) is 0. The quantitative estimate of drug-likeness (QED) is 0.485. The minimum absolute atomic E-state index is 0.476. The van der Waals surface area contributed by atoms with Gasteiger partial charge in [0.25, 0.3) is 0 Å². The lowest BCUT2D eigenvalue weighted by Gasteiger charge is -2.15. The lowest BCUT2D eigenvalue weighted by atomic mass is 10.2. The average Bonchev–Trinajstić information content (AvgIpc) is 1.77. The Morgan fingerprint density at radius 2 is 2.25 bits per heavy atom. The molecule has 0 bridgehead atoms. The molecule has 0 aliphatic carbocycles. The fraction of sp³-hybridized carbons (Fsp3) is 1.00. The Balaban J connectivity index is 2.39. The molecule has 1 aliphatic heterocycles. The first-order valence-corrected chi connectivity index (χ1v) is 4.56. The molecule has 0 aromatic heterocycles. The van der Waals surface area contributed by atoms with Crippen LogP contribution in [0.5, 0.6) is 0 Å². The van der Waals surface area contributed by atoms with Crippen LogP contribution < -0.4 is 0 Å². The Hall–Kier alpha value is 0.150.